The van der Waals surface area contributed by atoms with Gasteiger partial charge in [0.2, 0.25) is 0 Å². The van der Waals surface area contributed by atoms with Crippen molar-refractivity contribution in [1.29, 1.82) is 0 Å². The van der Waals surface area contributed by atoms with Crippen molar-refractivity contribution in [3.05, 3.63) is 20.9 Å². The summed E-state index contributed by atoms with van der Waals surface area (Å²) >= 11 is 4.63. The zero-order chi connectivity index (χ0) is 18.4. The number of thiophene rings is 1. The van der Waals surface area contributed by atoms with Crippen LogP contribution in [0.1, 0.15) is 118 Å². The number of rotatable bonds is 2. The Labute approximate surface area is 175 Å². The summed E-state index contributed by atoms with van der Waals surface area (Å²) in [6, 6.07) is 0. The molecule has 1 aromatic heterocycles. The van der Waals surface area contributed by atoms with Crippen LogP contribution in [0.4, 0.5) is 0 Å². The molecule has 1 aromatic rings. The predicted molar refractivity (Wildman–Crippen MR) is 124 cm³/mol. The van der Waals surface area contributed by atoms with Crippen LogP contribution >= 0.6 is 33.9 Å². The van der Waals surface area contributed by atoms with Crippen molar-refractivity contribution in [3.63, 3.8) is 0 Å². The SMILES string of the molecule is [B]C1(I)CCCCCCCCc2c(sc(C(C)C)c2C(C)C)CCC1. The van der Waals surface area contributed by atoms with Crippen molar-refractivity contribution in [2.45, 2.75) is 113 Å². The molecule has 0 saturated heterocycles. The molecular weight excluding hydrogens is 434 g/mol. The van der Waals surface area contributed by atoms with Crippen LogP contribution in [0.2, 0.25) is 0 Å². The largest absolute Gasteiger partial charge is 0.145 e. The second-order valence-corrected chi connectivity index (χ2v) is 11.9. The first kappa shape index (κ1) is 21.8. The second kappa shape index (κ2) is 10.2. The van der Waals surface area contributed by atoms with Crippen LogP contribution in [-0.2, 0) is 12.8 Å². The van der Waals surface area contributed by atoms with Gasteiger partial charge in [-0.2, -0.15) is 0 Å². The van der Waals surface area contributed by atoms with Gasteiger partial charge in [0.1, 0.15) is 0 Å². The van der Waals surface area contributed by atoms with E-state index in [0.717, 1.165) is 6.42 Å². The van der Waals surface area contributed by atoms with E-state index in [2.05, 4.69) is 61.6 Å². The monoisotopic (exact) mass is 470 g/mol. The third-order valence-corrected chi connectivity index (χ3v) is 8.21. The summed E-state index contributed by atoms with van der Waals surface area (Å²) in [6.45, 7) is 9.50. The lowest BCUT2D eigenvalue weighted by Crippen LogP contribution is -2.20. The fourth-order valence-electron chi connectivity index (χ4n) is 4.18. The van der Waals surface area contributed by atoms with E-state index in [1.54, 1.807) is 20.9 Å². The van der Waals surface area contributed by atoms with Crippen molar-refractivity contribution in [1.82, 2.24) is 0 Å². The highest BCUT2D eigenvalue weighted by Gasteiger charge is 2.23. The van der Waals surface area contributed by atoms with Crippen LogP contribution in [0.5, 0.6) is 0 Å². The Morgan fingerprint density at radius 2 is 1.44 bits per heavy atom. The van der Waals surface area contributed by atoms with E-state index in [9.17, 15) is 0 Å². The minimum Gasteiger partial charge on any atom is -0.145 e. The van der Waals surface area contributed by atoms with Gasteiger partial charge in [-0.05, 0) is 64.8 Å². The molecule has 1 heterocycles. The third-order valence-electron chi connectivity index (χ3n) is 5.53. The molecule has 140 valence electrons. The van der Waals surface area contributed by atoms with E-state index in [1.807, 2.05) is 0 Å². The summed E-state index contributed by atoms with van der Waals surface area (Å²) in [5.74, 6) is 1.30. The normalized spacial score (nSPS) is 24.3. The topological polar surface area (TPSA) is 0 Å². The zero-order valence-electron chi connectivity index (χ0n) is 16.8. The van der Waals surface area contributed by atoms with E-state index >= 15 is 0 Å². The Kier molecular flexibility index (Phi) is 8.85. The van der Waals surface area contributed by atoms with E-state index in [1.165, 1.54) is 64.2 Å². The van der Waals surface area contributed by atoms with Crippen molar-refractivity contribution in [2.24, 2.45) is 0 Å². The average Bonchev–Trinajstić information content (AvgIpc) is 2.88. The Balaban J connectivity index is 2.25. The average molecular weight is 470 g/mol. The zero-order valence-corrected chi connectivity index (χ0v) is 19.8. The first-order chi connectivity index (χ1) is 11.8. The summed E-state index contributed by atoms with van der Waals surface area (Å²) in [5.41, 5.74) is 3.41. The number of fused-ring (bicyclic) bond motifs is 1. The van der Waals surface area contributed by atoms with Crippen molar-refractivity contribution >= 4 is 41.8 Å². The smallest absolute Gasteiger partial charge is 0.0889 e. The van der Waals surface area contributed by atoms with E-state index in [0.29, 0.717) is 11.8 Å². The maximum Gasteiger partial charge on any atom is 0.0889 e. The second-order valence-electron chi connectivity index (χ2n) is 8.60. The molecule has 2 rings (SSSR count). The highest BCUT2D eigenvalue weighted by molar-refractivity contribution is 14.1. The summed E-state index contributed by atoms with van der Waals surface area (Å²) in [5, 5.41) is 0. The van der Waals surface area contributed by atoms with E-state index < -0.39 is 0 Å². The maximum atomic E-state index is 6.57. The molecule has 0 nitrogen and oxygen atoms in total. The van der Waals surface area contributed by atoms with Crippen LogP contribution in [-0.4, -0.2) is 11.2 Å². The summed E-state index contributed by atoms with van der Waals surface area (Å²) in [6.07, 6.45) is 14.3. The van der Waals surface area contributed by atoms with Gasteiger partial charge in [0.05, 0.1) is 7.85 Å². The minimum atomic E-state index is 0.00105. The Morgan fingerprint density at radius 1 is 0.840 bits per heavy atom. The van der Waals surface area contributed by atoms with E-state index in [-0.39, 0.29) is 3.32 Å². The number of halogens is 1. The van der Waals surface area contributed by atoms with Gasteiger partial charge in [0.15, 0.2) is 0 Å². The molecule has 0 fully saturated rings. The highest BCUT2D eigenvalue weighted by Crippen LogP contribution is 2.40. The van der Waals surface area contributed by atoms with Crippen LogP contribution in [0.25, 0.3) is 0 Å². The molecule has 0 aromatic carbocycles. The number of alkyl halides is 1. The highest BCUT2D eigenvalue weighted by atomic mass is 127. The van der Waals surface area contributed by atoms with Gasteiger partial charge in [-0.15, -0.1) is 11.3 Å². The number of hydrogen-bond donors (Lipinski definition) is 0. The number of hydrogen-bond acceptors (Lipinski definition) is 1. The molecule has 2 radical (unpaired) electrons. The van der Waals surface area contributed by atoms with Gasteiger partial charge in [-0.3, -0.25) is 0 Å². The van der Waals surface area contributed by atoms with Gasteiger partial charge in [0, 0.05) is 9.75 Å². The van der Waals surface area contributed by atoms with Crippen LogP contribution in [0, 0.1) is 0 Å². The van der Waals surface area contributed by atoms with E-state index in [4.69, 9.17) is 7.85 Å². The molecule has 1 aliphatic carbocycles. The summed E-state index contributed by atoms with van der Waals surface area (Å²) in [7, 11) is 6.57. The van der Waals surface area contributed by atoms with Gasteiger partial charge < -0.3 is 0 Å². The maximum absolute atomic E-state index is 6.57. The van der Waals surface area contributed by atoms with Crippen LogP contribution in [0.3, 0.4) is 0 Å². The molecule has 0 saturated carbocycles. The van der Waals surface area contributed by atoms with Crippen LogP contribution < -0.4 is 0 Å². The molecule has 3 heteroatoms. The Hall–Kier alpha value is 0.495. The molecule has 0 spiro atoms. The lowest BCUT2D eigenvalue weighted by molar-refractivity contribution is 0.542. The standard InChI is InChI=1S/C22H36BIS/c1-16(2)20-18-12-9-7-5-6-8-10-14-22(23,24)15-11-13-19(18)25-21(20)17(3)4/h16-17H,5-15H2,1-4H3. The predicted octanol–water partition coefficient (Wildman–Crippen LogP) is 7.90. The molecule has 1 atom stereocenters. The van der Waals surface area contributed by atoms with Gasteiger partial charge in [0.25, 0.3) is 0 Å². The molecule has 0 amide bonds. The Morgan fingerprint density at radius 3 is 2.08 bits per heavy atom. The first-order valence-corrected chi connectivity index (χ1v) is 12.3. The number of aryl methyl sites for hydroxylation is 1. The molecule has 1 aliphatic rings. The van der Waals surface area contributed by atoms with Gasteiger partial charge >= 0.3 is 0 Å². The fraction of sp³-hybridized carbons (Fsp3) is 0.818. The molecule has 0 aliphatic heterocycles. The van der Waals surface area contributed by atoms with Crippen molar-refractivity contribution < 1.29 is 0 Å². The quantitative estimate of drug-likeness (QED) is 0.234. The lowest BCUT2D eigenvalue weighted by Gasteiger charge is -2.23. The molecule has 25 heavy (non-hydrogen) atoms. The van der Waals surface area contributed by atoms with Crippen molar-refractivity contribution in [2.75, 3.05) is 0 Å². The minimum absolute atomic E-state index is 0.00105. The van der Waals surface area contributed by atoms with Crippen molar-refractivity contribution in [3.8, 4) is 0 Å². The molecule has 0 bridgehead atoms. The summed E-state index contributed by atoms with van der Waals surface area (Å²) < 4.78 is 0.00105. The molecule has 1 unspecified atom stereocenters. The fourth-order valence-corrected chi connectivity index (χ4v) is 6.50. The van der Waals surface area contributed by atoms with Gasteiger partial charge in [-0.1, -0.05) is 82.4 Å². The first-order valence-electron chi connectivity index (χ1n) is 10.4. The third kappa shape index (κ3) is 6.55. The molecule has 0 N–H and O–H groups in total. The lowest BCUT2D eigenvalue weighted by atomic mass is 9.78. The van der Waals surface area contributed by atoms with Gasteiger partial charge in [-0.25, -0.2) is 0 Å². The Bertz CT molecular complexity index is 530. The molecular formula is C22H36BIS. The van der Waals surface area contributed by atoms with Crippen LogP contribution in [0.15, 0.2) is 0 Å². The summed E-state index contributed by atoms with van der Waals surface area (Å²) in [4.78, 5) is 3.33.